The number of hydrogen-bond acceptors (Lipinski definition) is 3. The van der Waals surface area contributed by atoms with Gasteiger partial charge in [-0.15, -0.1) is 29.3 Å². The van der Waals surface area contributed by atoms with Crippen molar-refractivity contribution in [1.82, 2.24) is 14.5 Å². The fourth-order valence-electron chi connectivity index (χ4n) is 6.90. The molecule has 0 aliphatic rings. The van der Waals surface area contributed by atoms with E-state index in [1.54, 1.807) is 53.2 Å². The van der Waals surface area contributed by atoms with Gasteiger partial charge >= 0.3 is 0 Å². The normalized spacial score (nSPS) is 15.8. The summed E-state index contributed by atoms with van der Waals surface area (Å²) in [6, 6.07) is 44.0. The molecule has 2 heterocycles. The van der Waals surface area contributed by atoms with Gasteiger partial charge in [0, 0.05) is 49.4 Å². The molecule has 6 aromatic carbocycles. The Balaban J connectivity index is 0.00000684. The third-order valence-corrected chi connectivity index (χ3v) is 9.89. The average molecular weight is 924 g/mol. The van der Waals surface area contributed by atoms with Gasteiger partial charge in [-0.25, -0.2) is 4.98 Å². The molecule has 282 valence electrons. The van der Waals surface area contributed by atoms with Crippen LogP contribution in [0, 0.1) is 12.9 Å². The van der Waals surface area contributed by atoms with Gasteiger partial charge in [0.2, 0.25) is 0 Å². The monoisotopic (exact) mass is 923 g/mol. The van der Waals surface area contributed by atoms with Crippen LogP contribution >= 0.6 is 0 Å². The van der Waals surface area contributed by atoms with E-state index in [4.69, 9.17) is 26.4 Å². The first-order valence-corrected chi connectivity index (χ1v) is 18.0. The van der Waals surface area contributed by atoms with Crippen LogP contribution in [-0.2, 0) is 31.9 Å². The minimum Gasteiger partial charge on any atom is -0.507 e. The molecule has 0 amide bonds. The summed E-state index contributed by atoms with van der Waals surface area (Å²) in [5.74, 6) is 0.298. The average Bonchev–Trinajstić information content (AvgIpc) is 3.64. The maximum Gasteiger partial charge on any atom is 0.148 e. The van der Waals surface area contributed by atoms with Gasteiger partial charge < -0.3 is 5.11 Å². The molecule has 0 fully saturated rings. The summed E-state index contributed by atoms with van der Waals surface area (Å²) in [5, 5.41) is 11.3. The Morgan fingerprint density at radius 2 is 1.30 bits per heavy atom. The summed E-state index contributed by atoms with van der Waals surface area (Å²) in [4.78, 5) is 9.92. The number of hydrogen-bond donors (Lipinski definition) is 1. The number of nitrogens with zero attached hydrogens (tertiary/aromatic N) is 3. The number of rotatable bonds is 6. The van der Waals surface area contributed by atoms with Gasteiger partial charge in [-0.3, -0.25) is 9.55 Å². The van der Waals surface area contributed by atoms with Gasteiger partial charge in [0.25, 0.3) is 0 Å². The molecule has 0 aliphatic heterocycles. The van der Waals surface area contributed by atoms with Gasteiger partial charge in [0.15, 0.2) is 0 Å². The molecule has 0 bridgehead atoms. The van der Waals surface area contributed by atoms with Crippen LogP contribution in [0.2, 0.25) is 0 Å². The number of imidazole rings is 1. The number of phenolic OH excluding ortho intramolecular Hbond substituents is 1. The first-order chi connectivity index (χ1) is 31.3. The van der Waals surface area contributed by atoms with E-state index in [2.05, 4.69) is 26.8 Å². The van der Waals surface area contributed by atoms with Crippen LogP contribution in [0.4, 0.5) is 0 Å². The van der Waals surface area contributed by atoms with E-state index < -0.39 is 32.8 Å². The van der Waals surface area contributed by atoms with Gasteiger partial charge in [-0.2, -0.15) is 0 Å². The number of phenols is 1. The Bertz CT molecular complexity index is 3090. The van der Waals surface area contributed by atoms with Crippen molar-refractivity contribution in [3.8, 4) is 67.5 Å². The van der Waals surface area contributed by atoms with Crippen molar-refractivity contribution < 1.29 is 42.6 Å². The molecule has 1 N–H and O–H groups in total. The van der Waals surface area contributed by atoms with Crippen molar-refractivity contribution in [3.05, 3.63) is 168 Å². The molecule has 2 aromatic heterocycles. The first-order valence-electron chi connectivity index (χ1n) is 24.0. The molecular weight excluding hydrogens is 866 g/mol. The quantitative estimate of drug-likeness (QED) is 0.169. The zero-order valence-corrected chi connectivity index (χ0v) is 33.2. The van der Waals surface area contributed by atoms with Crippen LogP contribution in [0.15, 0.2) is 146 Å². The third kappa shape index (κ3) is 7.51. The summed E-state index contributed by atoms with van der Waals surface area (Å²) < 4.78 is 101. The minimum absolute atomic E-state index is 0. The number of benzene rings is 6. The van der Waals surface area contributed by atoms with Crippen molar-refractivity contribution in [3.63, 3.8) is 0 Å². The second-order valence-corrected chi connectivity index (χ2v) is 14.8. The summed E-state index contributed by atoms with van der Waals surface area (Å²) in [7, 11) is 0. The van der Waals surface area contributed by atoms with Crippen molar-refractivity contribution >= 4 is 11.0 Å². The molecule has 0 saturated carbocycles. The second-order valence-electron chi connectivity index (χ2n) is 14.8. The van der Waals surface area contributed by atoms with Crippen molar-refractivity contribution in [2.24, 2.45) is 0 Å². The van der Waals surface area contributed by atoms with Crippen molar-refractivity contribution in [2.75, 3.05) is 0 Å². The molecule has 0 radical (unpaired) electrons. The largest absolute Gasteiger partial charge is 0.507 e. The smallest absolute Gasteiger partial charge is 0.148 e. The molecule has 5 heteroatoms. The van der Waals surface area contributed by atoms with E-state index in [1.807, 2.05) is 72.8 Å². The summed E-state index contributed by atoms with van der Waals surface area (Å²) in [6.45, 7) is -6.44. The number of para-hydroxylation sites is 2. The van der Waals surface area contributed by atoms with E-state index >= 15 is 0 Å². The number of aryl methyl sites for hydroxylation is 1. The Kier molecular flexibility index (Phi) is 7.13. The zero-order chi connectivity index (χ0) is 48.5. The van der Waals surface area contributed by atoms with Gasteiger partial charge in [0.1, 0.15) is 11.6 Å². The molecule has 0 unspecified atom stereocenters. The maximum absolute atomic E-state index is 11.3. The number of fused-ring (bicyclic) bond motifs is 1. The van der Waals surface area contributed by atoms with Crippen molar-refractivity contribution in [1.29, 1.82) is 0 Å². The number of aromatic hydroxyl groups is 1. The first kappa shape index (κ1) is 26.3. The van der Waals surface area contributed by atoms with Crippen LogP contribution < -0.4 is 0 Å². The van der Waals surface area contributed by atoms with Crippen LogP contribution in [0.5, 0.6) is 5.75 Å². The molecule has 0 spiro atoms. The Labute approximate surface area is 362 Å². The molecule has 0 saturated heterocycles. The van der Waals surface area contributed by atoms with Crippen LogP contribution in [-0.4, -0.2) is 19.6 Å². The molecular formula is C51H46N3OPt-. The molecule has 4 nitrogen and oxygen atoms in total. The molecule has 0 aliphatic carbocycles. The molecule has 56 heavy (non-hydrogen) atoms. The number of pyridine rings is 1. The van der Waals surface area contributed by atoms with Crippen LogP contribution in [0.3, 0.4) is 0 Å². The molecule has 8 aromatic rings. The maximum atomic E-state index is 11.3. The van der Waals surface area contributed by atoms with E-state index in [0.717, 1.165) is 16.7 Å². The summed E-state index contributed by atoms with van der Waals surface area (Å²) in [6.07, 6.45) is 1.61. The van der Waals surface area contributed by atoms with Crippen LogP contribution in [0.1, 0.15) is 74.5 Å². The predicted octanol–water partition coefficient (Wildman–Crippen LogP) is 13.2. The minimum atomic E-state index is -3.39. The fourth-order valence-corrected chi connectivity index (χ4v) is 6.90. The summed E-state index contributed by atoms with van der Waals surface area (Å²) >= 11 is 0. The Morgan fingerprint density at radius 3 is 2.04 bits per heavy atom. The molecule has 0 atom stereocenters. The molecule has 8 rings (SSSR count). The van der Waals surface area contributed by atoms with Crippen LogP contribution in [0.25, 0.3) is 72.7 Å². The zero-order valence-electron chi connectivity index (χ0n) is 43.0. The topological polar surface area (TPSA) is 50.9 Å². The van der Waals surface area contributed by atoms with Gasteiger partial charge in [-0.05, 0) is 87.5 Å². The number of aromatic nitrogens is 3. The predicted molar refractivity (Wildman–Crippen MR) is 229 cm³/mol. The van der Waals surface area contributed by atoms with E-state index in [0.29, 0.717) is 61.6 Å². The standard InChI is InChI=1S/C51H46N3O.Pt/c1-33-28-36(34-14-9-8-10-15-34)22-25-45(33)54-46-18-13-17-42(48(46)53-49(54)43-16-11-12-19-47(43)55)38-29-39(31-41(30-38)51(5,6)7)44-32-37(26-27-52-44)35-20-23-40(24-21-35)50(2,3)4;/h8-28,30-32,55H,1-7H3;/q-1;/i1D3,2D3,3D3,4D3;. The van der Waals surface area contributed by atoms with E-state index in [9.17, 15) is 5.11 Å². The second kappa shape index (κ2) is 15.2. The van der Waals surface area contributed by atoms with E-state index in [-0.39, 0.29) is 43.4 Å². The van der Waals surface area contributed by atoms with Crippen molar-refractivity contribution in [2.45, 2.75) is 59.0 Å². The van der Waals surface area contributed by atoms with E-state index in [1.165, 1.54) is 24.3 Å². The SMILES string of the molecule is [2H]C([2H])([2H])c1cc(-c2ccccc2)ccc1-n1c(-c2ccccc2O)nc2c(-c3[c-]c(-c4cc(-c5ccc(C(C([2H])([2H])[2H])(C([2H])([2H])[2H])C([2H])([2H])[2H])cc5)ccn4)cc(C(C)(C)C)c3)cccc21.[Pt]. The fraction of sp³-hybridized carbons (Fsp3) is 0.176. The van der Waals surface area contributed by atoms with Gasteiger partial charge in [-0.1, -0.05) is 143 Å². The Morgan fingerprint density at radius 1 is 0.625 bits per heavy atom. The van der Waals surface area contributed by atoms with Gasteiger partial charge in [0.05, 0.1) is 22.3 Å². The Hall–Kier alpha value is -5.57. The summed E-state index contributed by atoms with van der Waals surface area (Å²) in [5.41, 5.74) is 4.43. The third-order valence-electron chi connectivity index (χ3n) is 9.89.